The van der Waals surface area contributed by atoms with Crippen molar-refractivity contribution in [1.29, 1.82) is 0 Å². The van der Waals surface area contributed by atoms with E-state index in [-0.39, 0.29) is 24.3 Å². The van der Waals surface area contributed by atoms with Crippen LogP contribution >= 0.6 is 9.39 Å². The van der Waals surface area contributed by atoms with Crippen molar-refractivity contribution in [1.82, 2.24) is 29.8 Å². The third-order valence-electron chi connectivity index (χ3n) is 4.79. The summed E-state index contributed by atoms with van der Waals surface area (Å²) in [6, 6.07) is -1.64. The monoisotopic (exact) mass is 439 g/mol. The normalized spacial score (nSPS) is 19.5. The van der Waals surface area contributed by atoms with E-state index >= 15 is 0 Å². The summed E-state index contributed by atoms with van der Waals surface area (Å²) in [7, 11) is 3.90. The third kappa shape index (κ3) is 5.99. The number of hydrogen-bond acceptors (Lipinski definition) is 6. The van der Waals surface area contributed by atoms with Crippen LogP contribution in [0.15, 0.2) is 12.5 Å². The van der Waals surface area contributed by atoms with Crippen LogP contribution in [0.4, 0.5) is 4.79 Å². The Morgan fingerprint density at radius 2 is 2.20 bits per heavy atom. The topological polar surface area (TPSA) is 160 Å². The van der Waals surface area contributed by atoms with Crippen LogP contribution in [0.1, 0.15) is 25.0 Å². The molecule has 0 aliphatic carbocycles. The Morgan fingerprint density at radius 1 is 1.47 bits per heavy atom. The summed E-state index contributed by atoms with van der Waals surface area (Å²) in [5, 5.41) is 5.02. The number of rotatable bonds is 6. The van der Waals surface area contributed by atoms with E-state index in [0.717, 1.165) is 11.3 Å². The number of imide groups is 1. The lowest BCUT2D eigenvalue weighted by atomic mass is 10.1. The Morgan fingerprint density at radius 3 is 2.73 bits per heavy atom. The van der Waals surface area contributed by atoms with Crippen LogP contribution in [0.25, 0.3) is 0 Å². The Kier molecular flexibility index (Phi) is 8.28. The molecule has 6 amide bonds. The molecule has 12 nitrogen and oxygen atoms in total. The molecule has 13 heteroatoms. The van der Waals surface area contributed by atoms with Crippen molar-refractivity contribution in [2.24, 2.45) is 5.73 Å². The molecule has 3 atom stereocenters. The van der Waals surface area contributed by atoms with Crippen molar-refractivity contribution in [2.45, 2.75) is 37.8 Å². The highest BCUT2D eigenvalue weighted by atomic mass is 31.0. The molecule has 4 N–H and O–H groups in total. The average molecular weight is 439 g/mol. The van der Waals surface area contributed by atoms with E-state index in [1.807, 2.05) is 0 Å². The predicted octanol–water partition coefficient (Wildman–Crippen LogP) is -1.79. The zero-order valence-corrected chi connectivity index (χ0v) is 17.8. The molecule has 2 aliphatic heterocycles. The number of nitrogens with zero attached hydrogens (tertiary/aromatic N) is 4. The summed E-state index contributed by atoms with van der Waals surface area (Å²) in [6.07, 6.45) is 5.79. The first kappa shape index (κ1) is 23.3. The van der Waals surface area contributed by atoms with Crippen molar-refractivity contribution >= 4 is 39.6 Å². The van der Waals surface area contributed by atoms with E-state index in [9.17, 15) is 24.0 Å². The Balaban J connectivity index is 0.000000297. The van der Waals surface area contributed by atoms with Gasteiger partial charge in [0.25, 0.3) is 0 Å². The van der Waals surface area contributed by atoms with Crippen LogP contribution in [0, 0.1) is 0 Å². The van der Waals surface area contributed by atoms with Crippen LogP contribution in [-0.2, 0) is 25.6 Å². The molecular formula is C17H26N7O5P. The molecule has 2 aliphatic rings. The molecule has 0 aromatic carbocycles. The first-order chi connectivity index (χ1) is 14.2. The third-order valence-corrected chi connectivity index (χ3v) is 5.08. The molecule has 0 saturated carbocycles. The maximum atomic E-state index is 12.5. The zero-order valence-electron chi connectivity index (χ0n) is 16.6. The van der Waals surface area contributed by atoms with Gasteiger partial charge in [-0.05, 0) is 22.2 Å². The molecule has 2 fully saturated rings. The van der Waals surface area contributed by atoms with Crippen LogP contribution in [-0.4, -0.2) is 81.5 Å². The molecular weight excluding hydrogens is 413 g/mol. The number of carbonyl (C=O) groups excluding carboxylic acids is 5. The smallest absolute Gasteiger partial charge is 0.323 e. The number of nitrogens with one attached hydrogen (secondary N) is 2. The van der Waals surface area contributed by atoms with Crippen molar-refractivity contribution < 1.29 is 24.0 Å². The number of nitrogens with two attached hydrogens (primary N) is 1. The van der Waals surface area contributed by atoms with Crippen molar-refractivity contribution in [3.8, 4) is 0 Å². The van der Waals surface area contributed by atoms with Gasteiger partial charge in [-0.15, -0.1) is 0 Å². The second kappa shape index (κ2) is 10.7. The second-order valence-corrected chi connectivity index (χ2v) is 7.48. The van der Waals surface area contributed by atoms with Gasteiger partial charge in [-0.2, -0.15) is 0 Å². The first-order valence-corrected chi connectivity index (χ1v) is 9.88. The predicted molar refractivity (Wildman–Crippen MR) is 109 cm³/mol. The molecule has 2 unspecified atom stereocenters. The number of imidazole rings is 1. The fourth-order valence-corrected chi connectivity index (χ4v) is 3.43. The summed E-state index contributed by atoms with van der Waals surface area (Å²) in [4.78, 5) is 62.6. The van der Waals surface area contributed by atoms with Crippen LogP contribution in [0.2, 0.25) is 0 Å². The van der Waals surface area contributed by atoms with Gasteiger partial charge in [0.1, 0.15) is 12.1 Å². The molecule has 0 spiro atoms. The first-order valence-electron chi connectivity index (χ1n) is 9.36. The number of carbonyl (C=O) groups is 5. The molecule has 30 heavy (non-hydrogen) atoms. The molecule has 0 radical (unpaired) electrons. The van der Waals surface area contributed by atoms with Gasteiger partial charge < -0.3 is 25.6 Å². The fourth-order valence-electron chi connectivity index (χ4n) is 3.20. The van der Waals surface area contributed by atoms with Crippen molar-refractivity contribution in [3.05, 3.63) is 18.2 Å². The second-order valence-electron chi connectivity index (χ2n) is 6.88. The van der Waals surface area contributed by atoms with E-state index in [2.05, 4.69) is 25.0 Å². The summed E-state index contributed by atoms with van der Waals surface area (Å²) >= 11 is 0. The number of aromatic nitrogens is 2. The van der Waals surface area contributed by atoms with Gasteiger partial charge in [0, 0.05) is 39.2 Å². The molecule has 3 heterocycles. The largest absolute Gasteiger partial charge is 0.368 e. The molecule has 0 bridgehead atoms. The molecule has 1 aromatic heterocycles. The minimum Gasteiger partial charge on any atom is -0.368 e. The van der Waals surface area contributed by atoms with Gasteiger partial charge >= 0.3 is 6.03 Å². The fraction of sp³-hybridized carbons (Fsp3) is 0.529. The lowest BCUT2D eigenvalue weighted by Crippen LogP contribution is -2.52. The van der Waals surface area contributed by atoms with Gasteiger partial charge in [-0.25, -0.2) is 9.78 Å². The number of amides is 6. The summed E-state index contributed by atoms with van der Waals surface area (Å²) in [6.45, 7) is 0.948. The highest BCUT2D eigenvalue weighted by molar-refractivity contribution is 7.14. The van der Waals surface area contributed by atoms with Gasteiger partial charge in [0.05, 0.1) is 12.0 Å². The van der Waals surface area contributed by atoms with Crippen molar-refractivity contribution in [3.63, 3.8) is 0 Å². The maximum absolute atomic E-state index is 12.5. The Hall–Kier alpha value is -3.01. The lowest BCUT2D eigenvalue weighted by Gasteiger charge is -2.26. The van der Waals surface area contributed by atoms with Gasteiger partial charge in [-0.1, -0.05) is 0 Å². The minimum absolute atomic E-state index is 0.112. The van der Waals surface area contributed by atoms with Crippen LogP contribution in [0.3, 0.4) is 0 Å². The number of likely N-dealkylation sites (tertiary alicyclic amines) is 1. The Labute approximate surface area is 175 Å². The van der Waals surface area contributed by atoms with E-state index in [0.29, 0.717) is 38.0 Å². The van der Waals surface area contributed by atoms with E-state index in [4.69, 9.17) is 5.73 Å². The van der Waals surface area contributed by atoms with E-state index in [1.54, 1.807) is 16.9 Å². The number of hydrogen-bond donors (Lipinski definition) is 3. The van der Waals surface area contributed by atoms with E-state index in [1.165, 1.54) is 11.9 Å². The average Bonchev–Trinajstić information content (AvgIpc) is 3.35. The van der Waals surface area contributed by atoms with Gasteiger partial charge in [0.2, 0.25) is 24.1 Å². The Bertz CT molecular complexity index is 798. The summed E-state index contributed by atoms with van der Waals surface area (Å²) in [5.41, 5.74) is 5.99. The lowest BCUT2D eigenvalue weighted by molar-refractivity contribution is -0.139. The highest BCUT2D eigenvalue weighted by Gasteiger charge is 2.36. The van der Waals surface area contributed by atoms with E-state index < -0.39 is 18.0 Å². The number of primary amides is 1. The zero-order chi connectivity index (χ0) is 22.3. The minimum atomic E-state index is -0.748. The van der Waals surface area contributed by atoms with Gasteiger partial charge in [0.15, 0.2) is 0 Å². The number of urea groups is 1. The quantitative estimate of drug-likeness (QED) is 0.351. The molecule has 2 saturated heterocycles. The van der Waals surface area contributed by atoms with Crippen LogP contribution < -0.4 is 16.4 Å². The molecule has 1 aromatic rings. The maximum Gasteiger partial charge on any atom is 0.323 e. The molecule has 3 rings (SSSR count). The summed E-state index contributed by atoms with van der Waals surface area (Å²) < 4.78 is 1.68. The molecule has 164 valence electrons. The van der Waals surface area contributed by atoms with Crippen LogP contribution in [0.5, 0.6) is 0 Å². The summed E-state index contributed by atoms with van der Waals surface area (Å²) in [5.74, 6) is -0.930. The van der Waals surface area contributed by atoms with Gasteiger partial charge in [-0.3, -0.25) is 24.1 Å². The SMILES string of the molecule is CN1C(=O)CCNC1=O.NC(=O)C1CCCN1C(=O)[C@H](Cc1cn(P)cn1)NC=O. The standard InChI is InChI=1S/C12H18N5O3P.C5H8N2O2/c13-11(19)10-2-1-3-17(10)12(20)9(15-7-18)4-8-5-16(21)6-14-8;1-7-4(8)2-3-6-5(7)9/h5-7,9-10H,1-4,21H2,(H2,13,19)(H,15,18);2-3H2,1H3,(H,6,9)/t9-,10?;/m0./s1. The van der Waals surface area contributed by atoms with Crippen molar-refractivity contribution in [2.75, 3.05) is 20.1 Å². The highest BCUT2D eigenvalue weighted by Crippen LogP contribution is 2.19.